The molecule has 1 saturated heterocycles. The van der Waals surface area contributed by atoms with Gasteiger partial charge < -0.3 is 20.7 Å². The van der Waals surface area contributed by atoms with E-state index in [0.717, 1.165) is 47.5 Å². The zero-order valence-corrected chi connectivity index (χ0v) is 19.6. The molecule has 164 valence electrons. The Morgan fingerprint density at radius 2 is 1.81 bits per heavy atom. The minimum Gasteiger partial charge on any atom is -0.399 e. The fourth-order valence-corrected chi connectivity index (χ4v) is 4.15. The number of hydrogen-bond acceptors (Lipinski definition) is 7. The van der Waals surface area contributed by atoms with Gasteiger partial charge in [-0.2, -0.15) is 0 Å². The maximum absolute atomic E-state index is 6.31. The SMILES string of the molecule is CC.Cc1cnc(Nc2ccc(N3CCOCC3)cc2)nc1Sc1ccc(N)cc1Cl. The van der Waals surface area contributed by atoms with Crippen LogP contribution in [-0.2, 0) is 4.74 Å². The van der Waals surface area contributed by atoms with E-state index in [0.29, 0.717) is 16.7 Å². The van der Waals surface area contributed by atoms with Crippen molar-refractivity contribution in [1.29, 1.82) is 0 Å². The standard InChI is InChI=1S/C21H22ClN5OS.C2H6/c1-14-13-24-21(26-20(14)29-19-7-2-15(23)12-18(19)22)25-16-3-5-17(6-4-16)27-8-10-28-11-9-27;1-2/h2-7,12-13H,8-11,23H2,1H3,(H,24,25,26);1-2H3. The lowest BCUT2D eigenvalue weighted by molar-refractivity contribution is 0.122. The molecule has 0 radical (unpaired) electrons. The maximum atomic E-state index is 6.31. The van der Waals surface area contributed by atoms with E-state index < -0.39 is 0 Å². The highest BCUT2D eigenvalue weighted by Crippen LogP contribution is 2.35. The molecule has 4 rings (SSSR count). The van der Waals surface area contributed by atoms with Crippen molar-refractivity contribution in [2.75, 3.05) is 42.3 Å². The first-order chi connectivity index (χ1) is 15.1. The topological polar surface area (TPSA) is 76.3 Å². The molecule has 1 aliphatic rings. The Morgan fingerprint density at radius 1 is 1.10 bits per heavy atom. The first-order valence-corrected chi connectivity index (χ1v) is 11.5. The molecule has 6 nitrogen and oxygen atoms in total. The van der Waals surface area contributed by atoms with Crippen molar-refractivity contribution >= 4 is 46.4 Å². The molecule has 2 aromatic carbocycles. The van der Waals surface area contributed by atoms with Gasteiger partial charge >= 0.3 is 0 Å². The minimum atomic E-state index is 0.545. The summed E-state index contributed by atoms with van der Waals surface area (Å²) < 4.78 is 5.41. The van der Waals surface area contributed by atoms with Crippen LogP contribution in [0.15, 0.2) is 58.6 Å². The van der Waals surface area contributed by atoms with Crippen molar-refractivity contribution in [3.63, 3.8) is 0 Å². The molecule has 0 bridgehead atoms. The third kappa shape index (κ3) is 6.26. The first-order valence-electron chi connectivity index (χ1n) is 10.3. The third-order valence-corrected chi connectivity index (χ3v) is 6.19. The first kappa shape index (κ1) is 23.2. The molecular weight excluding hydrogens is 430 g/mol. The van der Waals surface area contributed by atoms with Crippen LogP contribution in [0.4, 0.5) is 23.0 Å². The molecule has 1 fully saturated rings. The highest BCUT2D eigenvalue weighted by atomic mass is 35.5. The quantitative estimate of drug-likeness (QED) is 0.371. The third-order valence-electron chi connectivity index (χ3n) is 4.59. The van der Waals surface area contributed by atoms with Gasteiger partial charge in [-0.15, -0.1) is 0 Å². The minimum absolute atomic E-state index is 0.545. The molecule has 3 aromatic rings. The molecule has 1 aliphatic heterocycles. The Morgan fingerprint density at radius 3 is 2.48 bits per heavy atom. The van der Waals surface area contributed by atoms with Gasteiger partial charge in [0, 0.05) is 46.8 Å². The molecule has 8 heteroatoms. The van der Waals surface area contributed by atoms with Crippen LogP contribution in [0.2, 0.25) is 5.02 Å². The summed E-state index contributed by atoms with van der Waals surface area (Å²) in [5.41, 5.74) is 9.53. The molecule has 0 aliphatic carbocycles. The molecule has 0 saturated carbocycles. The van der Waals surface area contributed by atoms with E-state index in [1.54, 1.807) is 6.07 Å². The summed E-state index contributed by atoms with van der Waals surface area (Å²) >= 11 is 7.81. The molecule has 1 aromatic heterocycles. The number of aryl methyl sites for hydroxylation is 1. The fourth-order valence-electron chi connectivity index (χ4n) is 3.00. The Labute approximate surface area is 193 Å². The molecule has 0 spiro atoms. The molecule has 3 N–H and O–H groups in total. The number of aromatic nitrogens is 2. The van der Waals surface area contributed by atoms with Crippen LogP contribution in [-0.4, -0.2) is 36.3 Å². The fraction of sp³-hybridized carbons (Fsp3) is 0.304. The molecule has 0 unspecified atom stereocenters. The van der Waals surface area contributed by atoms with E-state index in [1.165, 1.54) is 17.4 Å². The van der Waals surface area contributed by atoms with Crippen molar-refractivity contribution in [3.8, 4) is 0 Å². The van der Waals surface area contributed by atoms with Crippen molar-refractivity contribution in [2.45, 2.75) is 30.7 Å². The number of benzene rings is 2. The van der Waals surface area contributed by atoms with Gasteiger partial charge in [-0.25, -0.2) is 9.97 Å². The van der Waals surface area contributed by atoms with Crippen molar-refractivity contribution in [3.05, 3.63) is 59.2 Å². The number of morpholine rings is 1. The van der Waals surface area contributed by atoms with Crippen LogP contribution < -0.4 is 16.0 Å². The summed E-state index contributed by atoms with van der Waals surface area (Å²) in [4.78, 5) is 12.3. The largest absolute Gasteiger partial charge is 0.399 e. The second-order valence-corrected chi connectivity index (χ2v) is 8.18. The Bertz CT molecular complexity index is 994. The van der Waals surface area contributed by atoms with E-state index in [1.807, 2.05) is 51.2 Å². The number of anilines is 4. The molecule has 2 heterocycles. The van der Waals surface area contributed by atoms with Crippen LogP contribution in [0.5, 0.6) is 0 Å². The molecule has 0 atom stereocenters. The van der Waals surface area contributed by atoms with Gasteiger partial charge in [-0.05, 0) is 49.4 Å². The summed E-state index contributed by atoms with van der Waals surface area (Å²) in [6.45, 7) is 9.37. The van der Waals surface area contributed by atoms with E-state index in [4.69, 9.17) is 22.1 Å². The van der Waals surface area contributed by atoms with Gasteiger partial charge in [0.2, 0.25) is 5.95 Å². The zero-order chi connectivity index (χ0) is 22.2. The Hall–Kier alpha value is -2.48. The van der Waals surface area contributed by atoms with Crippen molar-refractivity contribution < 1.29 is 4.74 Å². The van der Waals surface area contributed by atoms with Crippen LogP contribution in [0.3, 0.4) is 0 Å². The smallest absolute Gasteiger partial charge is 0.228 e. The van der Waals surface area contributed by atoms with Crippen LogP contribution in [0.25, 0.3) is 0 Å². The number of nitrogens with one attached hydrogen (secondary N) is 1. The lowest BCUT2D eigenvalue weighted by atomic mass is 10.2. The van der Waals surface area contributed by atoms with E-state index in [2.05, 4.69) is 32.3 Å². The van der Waals surface area contributed by atoms with Crippen LogP contribution >= 0.6 is 23.4 Å². The summed E-state index contributed by atoms with van der Waals surface area (Å²) in [6.07, 6.45) is 1.81. The highest BCUT2D eigenvalue weighted by Gasteiger charge is 2.12. The van der Waals surface area contributed by atoms with Crippen LogP contribution in [0.1, 0.15) is 19.4 Å². The Kier molecular flexibility index (Phi) is 8.40. The normalized spacial score (nSPS) is 13.4. The molecule has 0 amide bonds. The number of nitrogens with two attached hydrogens (primary N) is 1. The van der Waals surface area contributed by atoms with Gasteiger partial charge in [0.05, 0.1) is 18.2 Å². The predicted molar refractivity (Wildman–Crippen MR) is 131 cm³/mol. The average molecular weight is 458 g/mol. The number of nitrogens with zero attached hydrogens (tertiary/aromatic N) is 3. The number of nitrogen functional groups attached to an aromatic ring is 1. The monoisotopic (exact) mass is 457 g/mol. The zero-order valence-electron chi connectivity index (χ0n) is 18.1. The van der Waals surface area contributed by atoms with Gasteiger partial charge in [-0.1, -0.05) is 37.2 Å². The number of ether oxygens (including phenoxy) is 1. The van der Waals surface area contributed by atoms with Crippen LogP contribution in [0, 0.1) is 6.92 Å². The Balaban J connectivity index is 0.00000132. The second-order valence-electron chi connectivity index (χ2n) is 6.74. The lowest BCUT2D eigenvalue weighted by Gasteiger charge is -2.28. The number of hydrogen-bond donors (Lipinski definition) is 2. The summed E-state index contributed by atoms with van der Waals surface area (Å²) in [5.74, 6) is 0.545. The second kappa shape index (κ2) is 11.2. The van der Waals surface area contributed by atoms with E-state index in [-0.39, 0.29) is 0 Å². The maximum Gasteiger partial charge on any atom is 0.228 e. The number of halogens is 1. The summed E-state index contributed by atoms with van der Waals surface area (Å²) in [5, 5.41) is 4.74. The van der Waals surface area contributed by atoms with E-state index >= 15 is 0 Å². The van der Waals surface area contributed by atoms with E-state index in [9.17, 15) is 0 Å². The predicted octanol–water partition coefficient (Wildman–Crippen LogP) is 5.78. The van der Waals surface area contributed by atoms with Gasteiger partial charge in [0.25, 0.3) is 0 Å². The number of rotatable bonds is 5. The van der Waals surface area contributed by atoms with Gasteiger partial charge in [-0.3, -0.25) is 0 Å². The summed E-state index contributed by atoms with van der Waals surface area (Å²) in [7, 11) is 0. The van der Waals surface area contributed by atoms with Gasteiger partial charge in [0.15, 0.2) is 0 Å². The van der Waals surface area contributed by atoms with Gasteiger partial charge in [0.1, 0.15) is 5.03 Å². The summed E-state index contributed by atoms with van der Waals surface area (Å²) in [6, 6.07) is 13.8. The van der Waals surface area contributed by atoms with Crippen molar-refractivity contribution in [2.24, 2.45) is 0 Å². The lowest BCUT2D eigenvalue weighted by Crippen LogP contribution is -2.36. The average Bonchev–Trinajstić information content (AvgIpc) is 2.80. The molecular formula is C23H28ClN5OS. The highest BCUT2D eigenvalue weighted by molar-refractivity contribution is 7.99. The van der Waals surface area contributed by atoms with Crippen molar-refractivity contribution in [1.82, 2.24) is 9.97 Å². The molecule has 31 heavy (non-hydrogen) atoms.